The van der Waals surface area contributed by atoms with Gasteiger partial charge in [0.2, 0.25) is 0 Å². The quantitative estimate of drug-likeness (QED) is 0.814. The van der Waals surface area contributed by atoms with Gasteiger partial charge in [-0.3, -0.25) is 4.98 Å². The lowest BCUT2D eigenvalue weighted by atomic mass is 10.0. The summed E-state index contributed by atoms with van der Waals surface area (Å²) in [4.78, 5) is 3.90. The van der Waals surface area contributed by atoms with Crippen molar-refractivity contribution < 1.29 is 0 Å². The number of nitrogens with two attached hydrogens (primary N) is 1. The molecule has 2 N–H and O–H groups in total. The number of pyridine rings is 1. The number of hydrogen-bond acceptors (Lipinski definition) is 2. The minimum atomic E-state index is -0.0838. The van der Waals surface area contributed by atoms with Gasteiger partial charge < -0.3 is 5.73 Å². The van der Waals surface area contributed by atoms with E-state index in [1.807, 2.05) is 0 Å². The highest BCUT2D eigenvalue weighted by molar-refractivity contribution is 6.35. The molecule has 0 unspecified atom stereocenters. The molecular formula is C11H17Cl3N2. The number of unbranched alkanes of at least 4 members (excludes halogenated alkanes) is 2. The average molecular weight is 284 g/mol. The monoisotopic (exact) mass is 282 g/mol. The van der Waals surface area contributed by atoms with Crippen LogP contribution in [-0.4, -0.2) is 4.98 Å². The topological polar surface area (TPSA) is 38.9 Å². The van der Waals surface area contributed by atoms with Crippen molar-refractivity contribution in [1.29, 1.82) is 0 Å². The van der Waals surface area contributed by atoms with E-state index in [9.17, 15) is 0 Å². The Labute approximate surface area is 113 Å². The predicted molar refractivity (Wildman–Crippen MR) is 72.6 cm³/mol. The highest BCUT2D eigenvalue weighted by atomic mass is 35.5. The van der Waals surface area contributed by atoms with E-state index in [1.54, 1.807) is 12.4 Å². The van der Waals surface area contributed by atoms with Crippen molar-refractivity contribution in [2.45, 2.75) is 38.6 Å². The summed E-state index contributed by atoms with van der Waals surface area (Å²) in [5, 5.41) is 1.12. The lowest BCUT2D eigenvalue weighted by Gasteiger charge is -2.14. The molecule has 1 aromatic heterocycles. The van der Waals surface area contributed by atoms with Crippen LogP contribution in [0.15, 0.2) is 12.4 Å². The molecule has 0 amide bonds. The van der Waals surface area contributed by atoms with Gasteiger partial charge in [0.1, 0.15) is 0 Å². The molecule has 0 saturated carbocycles. The van der Waals surface area contributed by atoms with E-state index in [-0.39, 0.29) is 18.4 Å². The van der Waals surface area contributed by atoms with Crippen LogP contribution >= 0.6 is 35.6 Å². The summed E-state index contributed by atoms with van der Waals surface area (Å²) in [6, 6.07) is -0.0838. The molecule has 1 aromatic rings. The van der Waals surface area contributed by atoms with Gasteiger partial charge in [-0.05, 0) is 6.42 Å². The molecule has 92 valence electrons. The maximum absolute atomic E-state index is 6.04. The maximum Gasteiger partial charge on any atom is 0.0651 e. The first-order valence-electron chi connectivity index (χ1n) is 5.21. The SMILES string of the molecule is CCCCC[C@H](N)c1c(Cl)cncc1Cl.Cl. The first-order valence-corrected chi connectivity index (χ1v) is 5.97. The van der Waals surface area contributed by atoms with Crippen LogP contribution in [0.1, 0.15) is 44.2 Å². The summed E-state index contributed by atoms with van der Waals surface area (Å²) in [7, 11) is 0. The zero-order chi connectivity index (χ0) is 11.3. The van der Waals surface area contributed by atoms with Crippen LogP contribution < -0.4 is 5.73 Å². The molecule has 1 atom stereocenters. The Balaban J connectivity index is 0.00000225. The van der Waals surface area contributed by atoms with Gasteiger partial charge >= 0.3 is 0 Å². The fourth-order valence-corrected chi connectivity index (χ4v) is 2.18. The summed E-state index contributed by atoms with van der Waals surface area (Å²) in [5.41, 5.74) is 6.86. The third-order valence-electron chi connectivity index (χ3n) is 2.38. The highest BCUT2D eigenvalue weighted by Crippen LogP contribution is 2.30. The second kappa shape index (κ2) is 8.13. The summed E-state index contributed by atoms with van der Waals surface area (Å²) in [5.74, 6) is 0. The molecule has 0 spiro atoms. The van der Waals surface area contributed by atoms with E-state index < -0.39 is 0 Å². The molecule has 0 fully saturated rings. The molecule has 5 heteroatoms. The van der Waals surface area contributed by atoms with Gasteiger partial charge in [-0.15, -0.1) is 12.4 Å². The Bertz CT molecular complexity index is 298. The summed E-state index contributed by atoms with van der Waals surface area (Å²) >= 11 is 12.0. The van der Waals surface area contributed by atoms with Crippen LogP contribution in [0.4, 0.5) is 0 Å². The van der Waals surface area contributed by atoms with Crippen LogP contribution in [0.2, 0.25) is 10.0 Å². The van der Waals surface area contributed by atoms with Gasteiger partial charge in [0.15, 0.2) is 0 Å². The number of halogens is 3. The number of rotatable bonds is 5. The van der Waals surface area contributed by atoms with E-state index in [0.29, 0.717) is 10.0 Å². The molecule has 0 bridgehead atoms. The third kappa shape index (κ3) is 4.46. The predicted octanol–water partition coefficient (Wildman–Crippen LogP) is 4.39. The van der Waals surface area contributed by atoms with Crippen molar-refractivity contribution >= 4 is 35.6 Å². The van der Waals surface area contributed by atoms with E-state index in [0.717, 1.165) is 18.4 Å². The molecule has 0 radical (unpaired) electrons. The van der Waals surface area contributed by atoms with Gasteiger partial charge in [-0.2, -0.15) is 0 Å². The van der Waals surface area contributed by atoms with Crippen LogP contribution in [0.3, 0.4) is 0 Å². The maximum atomic E-state index is 6.04. The lowest BCUT2D eigenvalue weighted by Crippen LogP contribution is -2.11. The van der Waals surface area contributed by atoms with Crippen molar-refractivity contribution in [3.8, 4) is 0 Å². The van der Waals surface area contributed by atoms with Crippen LogP contribution in [0.25, 0.3) is 0 Å². The number of hydrogen-bond donors (Lipinski definition) is 1. The molecule has 0 aliphatic heterocycles. The van der Waals surface area contributed by atoms with Gasteiger partial charge in [-0.1, -0.05) is 49.4 Å². The minimum absolute atomic E-state index is 0. The third-order valence-corrected chi connectivity index (χ3v) is 2.98. The molecule has 1 heterocycles. The highest BCUT2D eigenvalue weighted by Gasteiger charge is 2.13. The van der Waals surface area contributed by atoms with Crippen LogP contribution in [0, 0.1) is 0 Å². The molecule has 0 aromatic carbocycles. The summed E-state index contributed by atoms with van der Waals surface area (Å²) in [6.07, 6.45) is 7.56. The normalized spacial score (nSPS) is 12.0. The summed E-state index contributed by atoms with van der Waals surface area (Å²) in [6.45, 7) is 2.16. The van der Waals surface area contributed by atoms with Crippen molar-refractivity contribution in [2.75, 3.05) is 0 Å². The number of nitrogens with zero attached hydrogens (tertiary/aromatic N) is 1. The molecular weight excluding hydrogens is 266 g/mol. The molecule has 0 aliphatic rings. The fraction of sp³-hybridized carbons (Fsp3) is 0.545. The Morgan fingerprint density at radius 1 is 1.25 bits per heavy atom. The largest absolute Gasteiger partial charge is 0.324 e. The Hall–Kier alpha value is -0.0200. The zero-order valence-electron chi connectivity index (χ0n) is 9.25. The van der Waals surface area contributed by atoms with Crippen molar-refractivity contribution in [1.82, 2.24) is 4.98 Å². The number of aromatic nitrogens is 1. The first kappa shape index (κ1) is 16.0. The standard InChI is InChI=1S/C11H16Cl2N2.ClH/c1-2-3-4-5-10(14)11-8(12)6-15-7-9(11)13;/h6-7,10H,2-5,14H2,1H3;1H/t10-;/m0./s1. The van der Waals surface area contributed by atoms with Gasteiger partial charge in [0.05, 0.1) is 10.0 Å². The van der Waals surface area contributed by atoms with Gasteiger partial charge in [0, 0.05) is 24.0 Å². The van der Waals surface area contributed by atoms with Crippen molar-refractivity contribution in [3.63, 3.8) is 0 Å². The van der Waals surface area contributed by atoms with Crippen molar-refractivity contribution in [2.24, 2.45) is 5.73 Å². The van der Waals surface area contributed by atoms with Gasteiger partial charge in [-0.25, -0.2) is 0 Å². The molecule has 2 nitrogen and oxygen atoms in total. The first-order chi connectivity index (χ1) is 7.16. The molecule has 0 saturated heterocycles. The van der Waals surface area contributed by atoms with Gasteiger partial charge in [0.25, 0.3) is 0 Å². The second-order valence-corrected chi connectivity index (χ2v) is 4.43. The van der Waals surface area contributed by atoms with Crippen LogP contribution in [-0.2, 0) is 0 Å². The second-order valence-electron chi connectivity index (χ2n) is 3.62. The Morgan fingerprint density at radius 2 is 1.81 bits per heavy atom. The Kier molecular flexibility index (Phi) is 8.12. The average Bonchev–Trinajstić information content (AvgIpc) is 2.18. The van der Waals surface area contributed by atoms with Crippen LogP contribution in [0.5, 0.6) is 0 Å². The fourth-order valence-electron chi connectivity index (χ4n) is 1.53. The van der Waals surface area contributed by atoms with E-state index in [4.69, 9.17) is 28.9 Å². The van der Waals surface area contributed by atoms with Crippen molar-refractivity contribution in [3.05, 3.63) is 28.0 Å². The molecule has 1 rings (SSSR count). The Morgan fingerprint density at radius 3 is 2.31 bits per heavy atom. The van der Waals surface area contributed by atoms with E-state index in [2.05, 4.69) is 11.9 Å². The smallest absolute Gasteiger partial charge is 0.0651 e. The molecule has 16 heavy (non-hydrogen) atoms. The zero-order valence-corrected chi connectivity index (χ0v) is 11.6. The van der Waals surface area contributed by atoms with E-state index >= 15 is 0 Å². The molecule has 0 aliphatic carbocycles. The summed E-state index contributed by atoms with van der Waals surface area (Å²) < 4.78 is 0. The van der Waals surface area contributed by atoms with E-state index in [1.165, 1.54) is 12.8 Å². The minimum Gasteiger partial charge on any atom is -0.324 e. The lowest BCUT2D eigenvalue weighted by molar-refractivity contribution is 0.581.